The van der Waals surface area contributed by atoms with E-state index in [2.05, 4.69) is 31.8 Å². The minimum Gasteiger partial charge on any atom is -0.494 e. The second kappa shape index (κ2) is 9.58. The lowest BCUT2D eigenvalue weighted by atomic mass is 10.2. The number of rotatable bonds is 7. The number of halogens is 1. The predicted octanol–water partition coefficient (Wildman–Crippen LogP) is 2.73. The first kappa shape index (κ1) is 18.7. The summed E-state index contributed by atoms with van der Waals surface area (Å²) in [5.74, 6) is 0.0384. The summed E-state index contributed by atoms with van der Waals surface area (Å²) in [5.41, 5.74) is 3.66. The molecule has 0 saturated carbocycles. The lowest BCUT2D eigenvalue weighted by molar-refractivity contribution is -0.120. The highest BCUT2D eigenvalue weighted by Gasteiger charge is 2.07. The molecule has 130 valence electrons. The second-order valence-corrected chi connectivity index (χ2v) is 5.90. The number of nitrogens with one attached hydrogen (secondary N) is 2. The molecule has 0 bridgehead atoms. The van der Waals surface area contributed by atoms with Gasteiger partial charge in [0.1, 0.15) is 5.75 Å². The third-order valence-electron chi connectivity index (χ3n) is 3.09. The highest BCUT2D eigenvalue weighted by molar-refractivity contribution is 9.10. The molecule has 2 N–H and O–H groups in total. The highest BCUT2D eigenvalue weighted by atomic mass is 79.9. The summed E-state index contributed by atoms with van der Waals surface area (Å²) >= 11 is 3.29. The van der Waals surface area contributed by atoms with Crippen molar-refractivity contribution in [3.05, 3.63) is 64.1 Å². The quantitative estimate of drug-likeness (QED) is 0.550. The summed E-state index contributed by atoms with van der Waals surface area (Å²) in [5, 5.41) is 6.39. The molecule has 6 nitrogen and oxygen atoms in total. The van der Waals surface area contributed by atoms with Crippen LogP contribution in [0, 0.1) is 0 Å². The number of benzene rings is 2. The van der Waals surface area contributed by atoms with Crippen LogP contribution >= 0.6 is 15.9 Å². The summed E-state index contributed by atoms with van der Waals surface area (Å²) in [4.78, 5) is 23.6. The van der Waals surface area contributed by atoms with E-state index in [0.717, 1.165) is 15.8 Å². The Morgan fingerprint density at radius 1 is 1.20 bits per heavy atom. The summed E-state index contributed by atoms with van der Waals surface area (Å²) in [6, 6.07) is 14.2. The molecule has 0 heterocycles. The van der Waals surface area contributed by atoms with Gasteiger partial charge in [0.2, 0.25) is 0 Å². The standard InChI is InChI=1S/C18H18BrN3O3/c1-2-25-16-8-6-13(7-9-16)11-21-22-17(23)12-20-18(24)14-4-3-5-15(19)10-14/h3-11H,2,12H2,1H3,(H,20,24)(H,22,23)/b21-11+. The van der Waals surface area contributed by atoms with Gasteiger partial charge in [0.25, 0.3) is 11.8 Å². The van der Waals surface area contributed by atoms with Crippen LogP contribution in [0.25, 0.3) is 0 Å². The van der Waals surface area contributed by atoms with Gasteiger partial charge in [-0.2, -0.15) is 5.10 Å². The van der Waals surface area contributed by atoms with E-state index < -0.39 is 5.91 Å². The Balaban J connectivity index is 1.77. The van der Waals surface area contributed by atoms with Crippen LogP contribution in [0.15, 0.2) is 58.1 Å². The van der Waals surface area contributed by atoms with Gasteiger partial charge >= 0.3 is 0 Å². The first-order chi connectivity index (χ1) is 12.1. The van der Waals surface area contributed by atoms with Crippen molar-refractivity contribution in [1.82, 2.24) is 10.7 Å². The van der Waals surface area contributed by atoms with Crippen LogP contribution in [0.1, 0.15) is 22.8 Å². The number of ether oxygens (including phenoxy) is 1. The average molecular weight is 404 g/mol. The maximum atomic E-state index is 11.9. The topological polar surface area (TPSA) is 79.8 Å². The Kier molecular flexibility index (Phi) is 7.16. The molecule has 2 aromatic carbocycles. The van der Waals surface area contributed by atoms with Gasteiger partial charge < -0.3 is 10.1 Å². The van der Waals surface area contributed by atoms with Crippen molar-refractivity contribution >= 4 is 34.0 Å². The smallest absolute Gasteiger partial charge is 0.259 e. The van der Waals surface area contributed by atoms with E-state index in [-0.39, 0.29) is 12.5 Å². The molecule has 2 rings (SSSR count). The zero-order chi connectivity index (χ0) is 18.1. The van der Waals surface area contributed by atoms with E-state index in [9.17, 15) is 9.59 Å². The van der Waals surface area contributed by atoms with Gasteiger partial charge in [-0.1, -0.05) is 22.0 Å². The maximum Gasteiger partial charge on any atom is 0.259 e. The number of hydrogen-bond acceptors (Lipinski definition) is 4. The van der Waals surface area contributed by atoms with Crippen molar-refractivity contribution in [2.75, 3.05) is 13.2 Å². The molecule has 0 saturated heterocycles. The number of hydrazone groups is 1. The Bertz CT molecular complexity index is 760. The molecule has 0 fully saturated rings. The molecule has 2 amide bonds. The van der Waals surface area contributed by atoms with Gasteiger partial charge in [0, 0.05) is 10.0 Å². The molecule has 0 unspecified atom stereocenters. The van der Waals surface area contributed by atoms with Gasteiger partial charge in [0.05, 0.1) is 19.4 Å². The Morgan fingerprint density at radius 2 is 1.96 bits per heavy atom. The molecule has 25 heavy (non-hydrogen) atoms. The second-order valence-electron chi connectivity index (χ2n) is 4.99. The van der Waals surface area contributed by atoms with Crippen LogP contribution in [-0.2, 0) is 4.79 Å². The van der Waals surface area contributed by atoms with Crippen molar-refractivity contribution in [2.45, 2.75) is 6.92 Å². The first-order valence-electron chi connectivity index (χ1n) is 7.67. The van der Waals surface area contributed by atoms with Crippen LogP contribution in [0.2, 0.25) is 0 Å². The molecular weight excluding hydrogens is 386 g/mol. The molecule has 0 radical (unpaired) electrons. The maximum absolute atomic E-state index is 11.9. The molecule has 0 aliphatic carbocycles. The van der Waals surface area contributed by atoms with Crippen molar-refractivity contribution < 1.29 is 14.3 Å². The van der Waals surface area contributed by atoms with E-state index in [4.69, 9.17) is 4.74 Å². The fourth-order valence-corrected chi connectivity index (χ4v) is 2.33. The number of carbonyl (C=O) groups is 2. The summed E-state index contributed by atoms with van der Waals surface area (Å²) < 4.78 is 6.14. The number of carbonyl (C=O) groups excluding carboxylic acids is 2. The predicted molar refractivity (Wildman–Crippen MR) is 99.8 cm³/mol. The summed E-state index contributed by atoms with van der Waals surface area (Å²) in [6.07, 6.45) is 1.52. The molecule has 0 spiro atoms. The third kappa shape index (κ3) is 6.39. The lowest BCUT2D eigenvalue weighted by Gasteiger charge is -2.05. The number of hydrogen-bond donors (Lipinski definition) is 2. The number of nitrogens with zero attached hydrogens (tertiary/aromatic N) is 1. The fraction of sp³-hybridized carbons (Fsp3) is 0.167. The zero-order valence-electron chi connectivity index (χ0n) is 13.7. The van der Waals surface area contributed by atoms with E-state index >= 15 is 0 Å². The normalized spacial score (nSPS) is 10.5. The van der Waals surface area contributed by atoms with Gasteiger partial charge in [-0.15, -0.1) is 0 Å². The van der Waals surface area contributed by atoms with E-state index in [1.54, 1.807) is 18.2 Å². The monoisotopic (exact) mass is 403 g/mol. The Labute approximate surface area is 154 Å². The van der Waals surface area contributed by atoms with Crippen molar-refractivity contribution in [3.8, 4) is 5.75 Å². The van der Waals surface area contributed by atoms with Gasteiger partial charge in [-0.3, -0.25) is 9.59 Å². The van der Waals surface area contributed by atoms with Crippen LogP contribution in [-0.4, -0.2) is 31.2 Å². The molecule has 0 aliphatic rings. The van der Waals surface area contributed by atoms with Crippen LogP contribution in [0.5, 0.6) is 5.75 Å². The van der Waals surface area contributed by atoms with Gasteiger partial charge in [0.15, 0.2) is 0 Å². The molecular formula is C18H18BrN3O3. The lowest BCUT2D eigenvalue weighted by Crippen LogP contribution is -2.34. The van der Waals surface area contributed by atoms with Crippen LogP contribution in [0.4, 0.5) is 0 Å². The molecule has 0 atom stereocenters. The largest absolute Gasteiger partial charge is 0.494 e. The first-order valence-corrected chi connectivity index (χ1v) is 8.46. The van der Waals surface area contributed by atoms with Crippen LogP contribution < -0.4 is 15.5 Å². The molecule has 0 aromatic heterocycles. The SMILES string of the molecule is CCOc1ccc(/C=N/NC(=O)CNC(=O)c2cccc(Br)c2)cc1. The Hall–Kier alpha value is -2.67. The summed E-state index contributed by atoms with van der Waals surface area (Å²) in [6.45, 7) is 2.36. The van der Waals surface area contributed by atoms with E-state index in [1.807, 2.05) is 37.3 Å². The third-order valence-corrected chi connectivity index (χ3v) is 3.58. The Morgan fingerprint density at radius 3 is 2.64 bits per heavy atom. The van der Waals surface area contributed by atoms with Crippen LogP contribution in [0.3, 0.4) is 0 Å². The molecule has 7 heteroatoms. The average Bonchev–Trinajstić information content (AvgIpc) is 2.61. The van der Waals surface area contributed by atoms with E-state index in [0.29, 0.717) is 12.2 Å². The number of amides is 2. The molecule has 2 aromatic rings. The van der Waals surface area contributed by atoms with Crippen molar-refractivity contribution in [2.24, 2.45) is 5.10 Å². The fourth-order valence-electron chi connectivity index (χ4n) is 1.93. The highest BCUT2D eigenvalue weighted by Crippen LogP contribution is 2.11. The minimum absolute atomic E-state index is 0.161. The van der Waals surface area contributed by atoms with Gasteiger partial charge in [-0.05, 0) is 55.0 Å². The van der Waals surface area contributed by atoms with Crippen molar-refractivity contribution in [1.29, 1.82) is 0 Å². The van der Waals surface area contributed by atoms with Crippen molar-refractivity contribution in [3.63, 3.8) is 0 Å². The van der Waals surface area contributed by atoms with E-state index in [1.165, 1.54) is 6.21 Å². The van der Waals surface area contributed by atoms with Gasteiger partial charge in [-0.25, -0.2) is 5.43 Å². The zero-order valence-corrected chi connectivity index (χ0v) is 15.2. The summed E-state index contributed by atoms with van der Waals surface area (Å²) in [7, 11) is 0. The molecule has 0 aliphatic heterocycles. The minimum atomic E-state index is -0.412.